The number of hydrogen-bond acceptors (Lipinski definition) is 6. The van der Waals surface area contributed by atoms with Gasteiger partial charge in [-0.05, 0) is 68.4 Å². The van der Waals surface area contributed by atoms with E-state index in [9.17, 15) is 24.3 Å². The van der Waals surface area contributed by atoms with Crippen LogP contribution in [-0.2, 0) is 31.5 Å². The Morgan fingerprint density at radius 1 is 1.04 bits per heavy atom. The van der Waals surface area contributed by atoms with E-state index in [1.807, 2.05) is 0 Å². The molecule has 2 aliphatic rings. The number of amides is 4. The van der Waals surface area contributed by atoms with Crippen LogP contribution in [0.15, 0.2) is 42.5 Å². The van der Waals surface area contributed by atoms with Crippen molar-refractivity contribution in [3.05, 3.63) is 65.0 Å². The largest absolute Gasteiger partial charge is 0.390 e. The van der Waals surface area contributed by atoms with E-state index in [4.69, 9.17) is 5.26 Å². The molecule has 0 bridgehead atoms. The van der Waals surface area contributed by atoms with Gasteiger partial charge in [-0.2, -0.15) is 14.0 Å². The molecular formula is C36H44F3N5O5. The summed E-state index contributed by atoms with van der Waals surface area (Å²) in [5, 5.41) is 26.8. The molecular weight excluding hydrogens is 639 g/mol. The molecule has 4 amide bonds. The summed E-state index contributed by atoms with van der Waals surface area (Å²) in [4.78, 5) is 53.8. The zero-order chi connectivity index (χ0) is 35.8. The molecule has 2 aromatic carbocycles. The summed E-state index contributed by atoms with van der Waals surface area (Å²) < 4.78 is 46.1. The van der Waals surface area contributed by atoms with Gasteiger partial charge in [0.05, 0.1) is 22.9 Å². The lowest BCUT2D eigenvalue weighted by molar-refractivity contribution is -0.149. The number of halogens is 3. The molecule has 1 saturated carbocycles. The predicted octanol–water partition coefficient (Wildman–Crippen LogP) is 4.69. The van der Waals surface area contributed by atoms with Crippen LogP contribution in [0, 0.1) is 23.1 Å². The number of rotatable bonds is 11. The second kappa shape index (κ2) is 16.3. The number of carbonyl (C=O) groups excluding carboxylic acids is 4. The number of alkyl halides is 2. The van der Waals surface area contributed by atoms with Crippen molar-refractivity contribution in [1.82, 2.24) is 15.5 Å². The van der Waals surface area contributed by atoms with E-state index in [-0.39, 0.29) is 35.9 Å². The minimum atomic E-state index is -4.05. The summed E-state index contributed by atoms with van der Waals surface area (Å²) >= 11 is 0. The third kappa shape index (κ3) is 9.81. The number of nitrogens with one attached hydrogen (secondary N) is 3. The van der Waals surface area contributed by atoms with Crippen molar-refractivity contribution in [3.63, 3.8) is 0 Å². The van der Waals surface area contributed by atoms with Gasteiger partial charge in [0.1, 0.15) is 17.9 Å². The van der Waals surface area contributed by atoms with Crippen molar-refractivity contribution in [2.24, 2.45) is 5.92 Å². The van der Waals surface area contributed by atoms with E-state index in [2.05, 4.69) is 16.0 Å². The Balaban J connectivity index is 1.51. The fraction of sp³-hybridized carbons (Fsp3) is 0.528. The van der Waals surface area contributed by atoms with E-state index < -0.39 is 52.7 Å². The van der Waals surface area contributed by atoms with Gasteiger partial charge in [0, 0.05) is 31.5 Å². The van der Waals surface area contributed by atoms with Crippen LogP contribution < -0.4 is 16.0 Å². The van der Waals surface area contributed by atoms with Gasteiger partial charge in [0.2, 0.25) is 17.7 Å². The maximum absolute atomic E-state index is 15.5. The van der Waals surface area contributed by atoms with E-state index in [0.717, 1.165) is 43.9 Å². The minimum absolute atomic E-state index is 0.0363. The molecule has 0 spiro atoms. The van der Waals surface area contributed by atoms with Crippen LogP contribution in [-0.4, -0.2) is 64.4 Å². The average molecular weight is 684 g/mol. The zero-order valence-electron chi connectivity index (χ0n) is 27.9. The number of nitriles is 1. The van der Waals surface area contributed by atoms with Gasteiger partial charge < -0.3 is 26.0 Å². The molecule has 2 fully saturated rings. The van der Waals surface area contributed by atoms with Crippen LogP contribution >= 0.6 is 0 Å². The number of hydrogen-bond donors (Lipinski definition) is 4. The smallest absolute Gasteiger partial charge is 0.349 e. The van der Waals surface area contributed by atoms with Crippen molar-refractivity contribution in [2.45, 2.75) is 102 Å². The molecule has 13 heteroatoms. The molecule has 264 valence electrons. The second-order valence-corrected chi connectivity index (χ2v) is 13.3. The minimum Gasteiger partial charge on any atom is -0.390 e. The van der Waals surface area contributed by atoms with Crippen molar-refractivity contribution >= 4 is 29.3 Å². The van der Waals surface area contributed by atoms with Crippen molar-refractivity contribution < 1.29 is 37.5 Å². The Bertz CT molecular complexity index is 1560. The fourth-order valence-corrected chi connectivity index (χ4v) is 6.35. The number of benzene rings is 2. The first-order valence-corrected chi connectivity index (χ1v) is 16.8. The molecule has 4 rings (SSSR count). The lowest BCUT2D eigenvalue weighted by Gasteiger charge is -2.37. The van der Waals surface area contributed by atoms with Crippen LogP contribution in [0.4, 0.5) is 18.9 Å². The molecule has 0 radical (unpaired) electrons. The van der Waals surface area contributed by atoms with Crippen LogP contribution in [0.5, 0.6) is 0 Å². The number of aliphatic hydroxyl groups is 1. The first-order valence-electron chi connectivity index (χ1n) is 16.8. The third-order valence-corrected chi connectivity index (χ3v) is 9.42. The Kier molecular flexibility index (Phi) is 12.4. The zero-order valence-corrected chi connectivity index (χ0v) is 27.9. The van der Waals surface area contributed by atoms with E-state index in [1.54, 1.807) is 24.8 Å². The second-order valence-electron chi connectivity index (χ2n) is 13.3. The Morgan fingerprint density at radius 3 is 2.33 bits per heavy atom. The summed E-state index contributed by atoms with van der Waals surface area (Å²) in [6, 6.07) is 7.83. The summed E-state index contributed by atoms with van der Waals surface area (Å²) in [6.45, 7) is 3.96. The summed E-state index contributed by atoms with van der Waals surface area (Å²) in [5.41, 5.74) is -1.50. The standard InChI is InChI=1S/C36H44F3N5O5/c1-3-30(45)41-29(33(47)44-17-15-35(2,49)16-18-44)21-23-13-14-28(27(37)20-23)42-32(46)31(25-10-6-4-5-7-11-25)43-34(48)36(38,39)26-12-8-9-24(19-26)22-40/h8-9,12-14,19-20,25,29,31,49H,3-7,10-11,15-18,21H2,1-2H3,(H,41,45)(H,42,46)(H,43,48)/t29-,31+/m1/s1. The van der Waals surface area contributed by atoms with Crippen molar-refractivity contribution in [2.75, 3.05) is 18.4 Å². The Hall–Kier alpha value is -4.44. The topological polar surface area (TPSA) is 152 Å². The summed E-state index contributed by atoms with van der Waals surface area (Å²) in [6.07, 6.45) is 5.12. The molecule has 0 aromatic heterocycles. The highest BCUT2D eigenvalue weighted by atomic mass is 19.3. The molecule has 1 saturated heterocycles. The van der Waals surface area contributed by atoms with Gasteiger partial charge in [-0.15, -0.1) is 0 Å². The van der Waals surface area contributed by atoms with E-state index >= 15 is 13.2 Å². The van der Waals surface area contributed by atoms with Crippen LogP contribution in [0.25, 0.3) is 0 Å². The Morgan fingerprint density at radius 2 is 1.71 bits per heavy atom. The van der Waals surface area contributed by atoms with Gasteiger partial charge in [-0.25, -0.2) is 4.39 Å². The summed E-state index contributed by atoms with van der Waals surface area (Å²) in [5.74, 6) is -8.63. The summed E-state index contributed by atoms with van der Waals surface area (Å²) in [7, 11) is 0. The number of likely N-dealkylation sites (tertiary alicyclic amines) is 1. The fourth-order valence-electron chi connectivity index (χ4n) is 6.35. The molecule has 1 aliphatic heterocycles. The van der Waals surface area contributed by atoms with Crippen molar-refractivity contribution in [3.8, 4) is 6.07 Å². The monoisotopic (exact) mass is 683 g/mol. The van der Waals surface area contributed by atoms with E-state index in [1.165, 1.54) is 24.3 Å². The van der Waals surface area contributed by atoms with Crippen LogP contribution in [0.1, 0.15) is 88.3 Å². The number of piperidine rings is 1. The maximum atomic E-state index is 15.5. The molecule has 1 heterocycles. The van der Waals surface area contributed by atoms with Crippen molar-refractivity contribution in [1.29, 1.82) is 5.26 Å². The molecule has 10 nitrogen and oxygen atoms in total. The van der Waals surface area contributed by atoms with E-state index in [0.29, 0.717) is 44.3 Å². The normalized spacial score (nSPS) is 17.9. The highest BCUT2D eigenvalue weighted by molar-refractivity contribution is 5.98. The molecule has 4 N–H and O–H groups in total. The first kappa shape index (κ1) is 37.4. The average Bonchev–Trinajstić information content (AvgIpc) is 3.37. The first-order chi connectivity index (χ1) is 23.2. The molecule has 2 aromatic rings. The molecule has 2 atom stereocenters. The molecule has 49 heavy (non-hydrogen) atoms. The van der Waals surface area contributed by atoms with Crippen LogP contribution in [0.2, 0.25) is 0 Å². The number of nitrogens with zero attached hydrogens (tertiary/aromatic N) is 2. The maximum Gasteiger partial charge on any atom is 0.349 e. The van der Waals surface area contributed by atoms with Gasteiger partial charge >= 0.3 is 5.92 Å². The lowest BCUT2D eigenvalue weighted by atomic mass is 9.90. The van der Waals surface area contributed by atoms with Gasteiger partial charge in [0.25, 0.3) is 5.91 Å². The predicted molar refractivity (Wildman–Crippen MR) is 176 cm³/mol. The number of carbonyl (C=O) groups is 4. The quantitative estimate of drug-likeness (QED) is 0.252. The van der Waals surface area contributed by atoms with Crippen LogP contribution in [0.3, 0.4) is 0 Å². The highest BCUT2D eigenvalue weighted by Gasteiger charge is 2.44. The molecule has 1 aliphatic carbocycles. The third-order valence-electron chi connectivity index (χ3n) is 9.42. The SMILES string of the molecule is CCC(=O)N[C@H](Cc1ccc(NC(=O)[C@@H](NC(=O)C(F)(F)c2cccc(C#N)c2)C2CCCCCC2)c(F)c1)C(=O)N1CCC(C)(O)CC1. The Labute approximate surface area is 284 Å². The number of anilines is 1. The van der Waals surface area contributed by atoms with Gasteiger partial charge in [-0.3, -0.25) is 19.2 Å². The van der Waals surface area contributed by atoms with Gasteiger partial charge in [-0.1, -0.05) is 50.8 Å². The molecule has 0 unspecified atom stereocenters. The van der Waals surface area contributed by atoms with Gasteiger partial charge in [0.15, 0.2) is 0 Å². The highest BCUT2D eigenvalue weighted by Crippen LogP contribution is 2.32. The lowest BCUT2D eigenvalue weighted by Crippen LogP contribution is -2.53.